The molecule has 3 amide bonds. The molecule has 8 nitrogen and oxygen atoms in total. The van der Waals surface area contributed by atoms with E-state index in [9.17, 15) is 9.59 Å². The molecule has 0 bridgehead atoms. The van der Waals surface area contributed by atoms with Crippen LogP contribution in [-0.2, 0) is 0 Å². The summed E-state index contributed by atoms with van der Waals surface area (Å²) in [4.78, 5) is 30.1. The van der Waals surface area contributed by atoms with Gasteiger partial charge < -0.3 is 21.7 Å². The standard InChI is InChI=1S/C11H18N6O2/c1-2-3-13-9-7-16-8(6-17-9)10(18)14-4-5-15-11(12)19/h6-7H,2-5H2,1H3,(H,13,17)(H,14,18)(H3,12,15,19). The first-order valence-electron chi connectivity index (χ1n) is 6.01. The van der Waals surface area contributed by atoms with Gasteiger partial charge in [0.25, 0.3) is 5.91 Å². The number of anilines is 1. The van der Waals surface area contributed by atoms with Crippen LogP contribution >= 0.6 is 0 Å². The molecule has 0 atom stereocenters. The van der Waals surface area contributed by atoms with Crippen molar-refractivity contribution in [1.82, 2.24) is 20.6 Å². The molecule has 0 aliphatic heterocycles. The summed E-state index contributed by atoms with van der Waals surface area (Å²) in [6.45, 7) is 3.39. The molecule has 0 unspecified atom stereocenters. The van der Waals surface area contributed by atoms with Crippen molar-refractivity contribution >= 4 is 17.8 Å². The lowest BCUT2D eigenvalue weighted by molar-refractivity contribution is 0.0948. The van der Waals surface area contributed by atoms with E-state index in [-0.39, 0.29) is 24.7 Å². The molecule has 1 rings (SSSR count). The first-order valence-corrected chi connectivity index (χ1v) is 6.01. The quantitative estimate of drug-likeness (QED) is 0.504. The minimum Gasteiger partial charge on any atom is -0.369 e. The maximum absolute atomic E-state index is 11.6. The van der Waals surface area contributed by atoms with E-state index in [1.165, 1.54) is 12.4 Å². The number of nitrogens with zero attached hydrogens (tertiary/aromatic N) is 2. The molecule has 0 aliphatic rings. The maximum Gasteiger partial charge on any atom is 0.312 e. The number of aromatic nitrogens is 2. The number of nitrogens with two attached hydrogens (primary N) is 1. The maximum atomic E-state index is 11.6. The Kier molecular flexibility index (Phi) is 6.07. The monoisotopic (exact) mass is 266 g/mol. The van der Waals surface area contributed by atoms with Crippen molar-refractivity contribution in [2.24, 2.45) is 5.73 Å². The van der Waals surface area contributed by atoms with Gasteiger partial charge in [-0.2, -0.15) is 0 Å². The van der Waals surface area contributed by atoms with Gasteiger partial charge in [-0.1, -0.05) is 6.92 Å². The molecular formula is C11H18N6O2. The molecule has 0 saturated carbocycles. The van der Waals surface area contributed by atoms with E-state index in [1.54, 1.807) is 0 Å². The van der Waals surface area contributed by atoms with Gasteiger partial charge in [0.2, 0.25) is 0 Å². The predicted octanol–water partition coefficient (Wildman–Crippen LogP) is -0.303. The highest BCUT2D eigenvalue weighted by atomic mass is 16.2. The van der Waals surface area contributed by atoms with Gasteiger partial charge in [-0.15, -0.1) is 0 Å². The molecule has 0 fully saturated rings. The van der Waals surface area contributed by atoms with E-state index >= 15 is 0 Å². The van der Waals surface area contributed by atoms with Gasteiger partial charge in [-0.25, -0.2) is 14.8 Å². The van der Waals surface area contributed by atoms with Gasteiger partial charge in [-0.3, -0.25) is 4.79 Å². The third-order valence-corrected chi connectivity index (χ3v) is 2.15. The topological polar surface area (TPSA) is 122 Å². The number of nitrogens with one attached hydrogen (secondary N) is 3. The molecular weight excluding hydrogens is 248 g/mol. The predicted molar refractivity (Wildman–Crippen MR) is 70.7 cm³/mol. The van der Waals surface area contributed by atoms with E-state index in [0.717, 1.165) is 13.0 Å². The Morgan fingerprint density at radius 2 is 1.89 bits per heavy atom. The summed E-state index contributed by atoms with van der Waals surface area (Å²) in [5, 5.41) is 8.01. The molecule has 0 aliphatic carbocycles. The van der Waals surface area contributed by atoms with Crippen LogP contribution in [-0.4, -0.2) is 41.5 Å². The van der Waals surface area contributed by atoms with E-state index < -0.39 is 6.03 Å². The Morgan fingerprint density at radius 3 is 2.47 bits per heavy atom. The summed E-state index contributed by atoms with van der Waals surface area (Å²) in [7, 11) is 0. The summed E-state index contributed by atoms with van der Waals surface area (Å²) >= 11 is 0. The van der Waals surface area contributed by atoms with E-state index in [2.05, 4.69) is 25.9 Å². The lowest BCUT2D eigenvalue weighted by atomic mass is 10.4. The summed E-state index contributed by atoms with van der Waals surface area (Å²) in [5.74, 6) is 0.287. The van der Waals surface area contributed by atoms with Crippen LogP contribution in [0.2, 0.25) is 0 Å². The van der Waals surface area contributed by atoms with E-state index in [0.29, 0.717) is 5.82 Å². The number of rotatable bonds is 7. The number of hydrogen-bond acceptors (Lipinski definition) is 5. The first-order chi connectivity index (χ1) is 9.13. The Bertz CT molecular complexity index is 420. The number of amides is 3. The van der Waals surface area contributed by atoms with E-state index in [4.69, 9.17) is 5.73 Å². The minimum absolute atomic E-state index is 0.223. The van der Waals surface area contributed by atoms with Crippen LogP contribution in [0.4, 0.5) is 10.6 Å². The van der Waals surface area contributed by atoms with Crippen LogP contribution in [0.15, 0.2) is 12.4 Å². The fraction of sp³-hybridized carbons (Fsp3) is 0.455. The van der Waals surface area contributed by atoms with Gasteiger partial charge in [0.05, 0.1) is 12.4 Å². The first kappa shape index (κ1) is 14.7. The molecule has 1 aromatic heterocycles. The van der Waals surface area contributed by atoms with Crippen LogP contribution in [0.25, 0.3) is 0 Å². The summed E-state index contributed by atoms with van der Waals surface area (Å²) in [6.07, 6.45) is 3.89. The fourth-order valence-corrected chi connectivity index (χ4v) is 1.24. The fourth-order valence-electron chi connectivity index (χ4n) is 1.24. The average molecular weight is 266 g/mol. The molecule has 1 heterocycles. The normalized spacial score (nSPS) is 9.74. The molecule has 0 radical (unpaired) electrons. The van der Waals surface area contributed by atoms with Crippen LogP contribution in [0, 0.1) is 0 Å². The second-order valence-electron chi connectivity index (χ2n) is 3.76. The van der Waals surface area contributed by atoms with Crippen molar-refractivity contribution in [2.45, 2.75) is 13.3 Å². The van der Waals surface area contributed by atoms with Crippen molar-refractivity contribution in [2.75, 3.05) is 25.0 Å². The van der Waals surface area contributed by atoms with Gasteiger partial charge in [0.15, 0.2) is 0 Å². The zero-order valence-electron chi connectivity index (χ0n) is 10.8. The molecule has 8 heteroatoms. The highest BCUT2D eigenvalue weighted by Crippen LogP contribution is 2.00. The number of carbonyl (C=O) groups excluding carboxylic acids is 2. The van der Waals surface area contributed by atoms with Gasteiger partial charge in [-0.05, 0) is 6.42 Å². The van der Waals surface area contributed by atoms with Crippen molar-refractivity contribution in [3.8, 4) is 0 Å². The van der Waals surface area contributed by atoms with Crippen LogP contribution in [0.5, 0.6) is 0 Å². The van der Waals surface area contributed by atoms with Crippen molar-refractivity contribution in [3.63, 3.8) is 0 Å². The van der Waals surface area contributed by atoms with Crippen molar-refractivity contribution < 1.29 is 9.59 Å². The van der Waals surface area contributed by atoms with Crippen LogP contribution in [0.1, 0.15) is 23.8 Å². The molecule has 0 aromatic carbocycles. The lowest BCUT2D eigenvalue weighted by Gasteiger charge is -2.06. The lowest BCUT2D eigenvalue weighted by Crippen LogP contribution is -2.37. The Morgan fingerprint density at radius 1 is 1.16 bits per heavy atom. The molecule has 1 aromatic rings. The third-order valence-electron chi connectivity index (χ3n) is 2.15. The van der Waals surface area contributed by atoms with Crippen LogP contribution < -0.4 is 21.7 Å². The number of urea groups is 1. The Hall–Kier alpha value is -2.38. The molecule has 5 N–H and O–H groups in total. The second kappa shape index (κ2) is 7.85. The highest BCUT2D eigenvalue weighted by molar-refractivity contribution is 5.92. The molecule has 19 heavy (non-hydrogen) atoms. The minimum atomic E-state index is -0.625. The van der Waals surface area contributed by atoms with Gasteiger partial charge >= 0.3 is 6.03 Å². The highest BCUT2D eigenvalue weighted by Gasteiger charge is 2.07. The zero-order valence-corrected chi connectivity index (χ0v) is 10.8. The SMILES string of the molecule is CCCNc1cnc(C(=O)NCCNC(N)=O)cn1. The summed E-state index contributed by atoms with van der Waals surface area (Å²) < 4.78 is 0. The number of hydrogen-bond donors (Lipinski definition) is 4. The largest absolute Gasteiger partial charge is 0.369 e. The van der Waals surface area contributed by atoms with E-state index in [1.807, 2.05) is 6.92 Å². The Labute approximate surface area is 111 Å². The van der Waals surface area contributed by atoms with Crippen molar-refractivity contribution in [1.29, 1.82) is 0 Å². The zero-order chi connectivity index (χ0) is 14.1. The summed E-state index contributed by atoms with van der Waals surface area (Å²) in [6, 6.07) is -0.625. The smallest absolute Gasteiger partial charge is 0.312 e. The Balaban J connectivity index is 2.37. The molecule has 0 spiro atoms. The van der Waals surface area contributed by atoms with Crippen LogP contribution in [0.3, 0.4) is 0 Å². The average Bonchev–Trinajstić information content (AvgIpc) is 2.41. The molecule has 0 saturated heterocycles. The number of primary amides is 1. The molecule has 104 valence electrons. The van der Waals surface area contributed by atoms with Gasteiger partial charge in [0, 0.05) is 19.6 Å². The third kappa shape index (κ3) is 5.66. The number of carbonyl (C=O) groups is 2. The summed E-state index contributed by atoms with van der Waals surface area (Å²) in [5.41, 5.74) is 5.11. The van der Waals surface area contributed by atoms with Crippen molar-refractivity contribution in [3.05, 3.63) is 18.1 Å². The second-order valence-corrected chi connectivity index (χ2v) is 3.76. The van der Waals surface area contributed by atoms with Gasteiger partial charge in [0.1, 0.15) is 11.5 Å².